The van der Waals surface area contributed by atoms with E-state index in [1.807, 2.05) is 79.0 Å². The molecule has 4 rings (SSSR count). The first-order chi connectivity index (χ1) is 20.1. The van der Waals surface area contributed by atoms with Crippen molar-refractivity contribution in [2.75, 3.05) is 26.9 Å². The van der Waals surface area contributed by atoms with Crippen LogP contribution in [0.4, 0.5) is 0 Å². The van der Waals surface area contributed by atoms with Crippen molar-refractivity contribution in [3.63, 3.8) is 0 Å². The zero-order valence-electron chi connectivity index (χ0n) is 23.5. The van der Waals surface area contributed by atoms with Crippen LogP contribution in [-0.4, -0.2) is 54.8 Å². The van der Waals surface area contributed by atoms with Crippen molar-refractivity contribution < 1.29 is 24.2 Å². The summed E-state index contributed by atoms with van der Waals surface area (Å²) < 4.78 is 11.1. The Morgan fingerprint density at radius 1 is 0.902 bits per heavy atom. The van der Waals surface area contributed by atoms with Crippen molar-refractivity contribution >= 4 is 22.7 Å². The van der Waals surface area contributed by atoms with Gasteiger partial charge in [0.1, 0.15) is 11.5 Å². The number of amides is 2. The number of aromatic amines is 1. The summed E-state index contributed by atoms with van der Waals surface area (Å²) in [4.78, 5) is 28.9. The minimum atomic E-state index is -0.325. The van der Waals surface area contributed by atoms with Crippen LogP contribution in [0.5, 0.6) is 11.5 Å². The van der Waals surface area contributed by atoms with Gasteiger partial charge in [-0.15, -0.1) is 0 Å². The summed E-state index contributed by atoms with van der Waals surface area (Å²) in [6.07, 6.45) is 5.96. The number of aliphatic hydroxyl groups is 1. The number of hydrogen-bond acceptors (Lipinski definition) is 5. The third kappa shape index (κ3) is 9.11. The van der Waals surface area contributed by atoms with Gasteiger partial charge in [0.15, 0.2) is 6.61 Å². The highest BCUT2D eigenvalue weighted by Gasteiger charge is 2.17. The molecule has 2 amide bonds. The molecule has 4 aromatic rings. The molecule has 0 saturated carbocycles. The summed E-state index contributed by atoms with van der Waals surface area (Å²) >= 11 is 0. The Bertz CT molecular complexity index is 1400. The summed E-state index contributed by atoms with van der Waals surface area (Å²) in [5.74, 6) is 1.03. The van der Waals surface area contributed by atoms with Crippen LogP contribution in [0.15, 0.2) is 79.0 Å². The molecule has 8 heteroatoms. The van der Waals surface area contributed by atoms with Gasteiger partial charge in [-0.05, 0) is 73.1 Å². The minimum absolute atomic E-state index is 0.0931. The molecule has 3 aromatic carbocycles. The largest absolute Gasteiger partial charge is 0.496 e. The first-order valence-corrected chi connectivity index (χ1v) is 14.1. The number of benzene rings is 3. The number of aryl methyl sites for hydroxylation is 2. The Balaban J connectivity index is 1.33. The van der Waals surface area contributed by atoms with Crippen LogP contribution in [0.1, 0.15) is 36.0 Å². The molecule has 1 aromatic heterocycles. The van der Waals surface area contributed by atoms with Crippen molar-refractivity contribution in [3.05, 3.63) is 95.7 Å². The molecule has 0 aliphatic rings. The first kappa shape index (κ1) is 29.7. The standard InChI is InChI=1S/C33H39N3O5/c1-40-31-12-5-2-9-25(31)15-18-32(38)35-22-27(20-26-21-34-30-11-4-3-10-29(26)30)36-33(39)23-41-28-16-13-24(14-17-28)8-6-7-19-37/h2-5,9-14,16-17,21,27,34,37H,6-8,15,18-20,22-23H2,1H3,(H,35,38)(H,36,39). The average Bonchev–Trinajstić information content (AvgIpc) is 3.41. The van der Waals surface area contributed by atoms with E-state index in [-0.39, 0.29) is 31.1 Å². The van der Waals surface area contributed by atoms with E-state index in [2.05, 4.69) is 15.6 Å². The van der Waals surface area contributed by atoms with Crippen LogP contribution in [0, 0.1) is 0 Å². The number of carbonyl (C=O) groups excluding carboxylic acids is 2. The smallest absolute Gasteiger partial charge is 0.258 e. The van der Waals surface area contributed by atoms with Gasteiger partial charge in [0.05, 0.1) is 13.2 Å². The van der Waals surface area contributed by atoms with E-state index in [0.717, 1.165) is 52.6 Å². The minimum Gasteiger partial charge on any atom is -0.496 e. The Morgan fingerprint density at radius 3 is 2.49 bits per heavy atom. The molecular formula is C33H39N3O5. The lowest BCUT2D eigenvalue weighted by molar-refractivity contribution is -0.125. The Hall–Kier alpha value is -4.30. The number of para-hydroxylation sites is 2. The van der Waals surface area contributed by atoms with E-state index in [1.165, 1.54) is 0 Å². The number of unbranched alkanes of at least 4 members (excludes halogenated alkanes) is 1. The summed E-state index contributed by atoms with van der Waals surface area (Å²) in [6.45, 7) is 0.360. The maximum Gasteiger partial charge on any atom is 0.258 e. The monoisotopic (exact) mass is 557 g/mol. The summed E-state index contributed by atoms with van der Waals surface area (Å²) in [5.41, 5.74) is 4.23. The number of rotatable bonds is 16. The maximum absolute atomic E-state index is 12.9. The Labute approximate surface area is 241 Å². The van der Waals surface area contributed by atoms with Gasteiger partial charge in [-0.1, -0.05) is 48.5 Å². The number of aliphatic hydroxyl groups excluding tert-OH is 1. The van der Waals surface area contributed by atoms with Crippen LogP contribution in [0.3, 0.4) is 0 Å². The number of hydrogen-bond donors (Lipinski definition) is 4. The highest BCUT2D eigenvalue weighted by molar-refractivity contribution is 5.83. The molecular weight excluding hydrogens is 518 g/mol. The summed E-state index contributed by atoms with van der Waals surface area (Å²) in [7, 11) is 1.62. The second kappa shape index (κ2) is 15.5. The van der Waals surface area contributed by atoms with Gasteiger partial charge in [-0.2, -0.15) is 0 Å². The number of methoxy groups -OCH3 is 1. The van der Waals surface area contributed by atoms with Crippen molar-refractivity contribution in [1.82, 2.24) is 15.6 Å². The molecule has 0 radical (unpaired) electrons. The summed E-state index contributed by atoms with van der Waals surface area (Å²) in [6, 6.07) is 23.0. The number of carbonyl (C=O) groups is 2. The van der Waals surface area contributed by atoms with Gasteiger partial charge in [0.2, 0.25) is 5.91 Å². The van der Waals surface area contributed by atoms with Crippen LogP contribution >= 0.6 is 0 Å². The highest BCUT2D eigenvalue weighted by atomic mass is 16.5. The number of fused-ring (bicyclic) bond motifs is 1. The lowest BCUT2D eigenvalue weighted by Crippen LogP contribution is -2.46. The van der Waals surface area contributed by atoms with E-state index < -0.39 is 0 Å². The van der Waals surface area contributed by atoms with Crippen LogP contribution in [0.2, 0.25) is 0 Å². The second-order valence-electron chi connectivity index (χ2n) is 10.1. The van der Waals surface area contributed by atoms with Crippen molar-refractivity contribution in [3.8, 4) is 11.5 Å². The third-order valence-electron chi connectivity index (χ3n) is 7.03. The zero-order valence-corrected chi connectivity index (χ0v) is 23.5. The maximum atomic E-state index is 12.9. The van der Waals surface area contributed by atoms with E-state index in [0.29, 0.717) is 31.6 Å². The average molecular weight is 558 g/mol. The normalized spacial score (nSPS) is 11.7. The van der Waals surface area contributed by atoms with Gasteiger partial charge in [0.25, 0.3) is 5.91 Å². The Morgan fingerprint density at radius 2 is 1.68 bits per heavy atom. The SMILES string of the molecule is COc1ccccc1CCC(=O)NCC(Cc1c[nH]c2ccccc12)NC(=O)COc1ccc(CCCCO)cc1. The molecule has 4 N–H and O–H groups in total. The molecule has 1 atom stereocenters. The fourth-order valence-corrected chi connectivity index (χ4v) is 4.83. The highest BCUT2D eigenvalue weighted by Crippen LogP contribution is 2.20. The van der Waals surface area contributed by atoms with Gasteiger partial charge < -0.3 is 30.2 Å². The lowest BCUT2D eigenvalue weighted by Gasteiger charge is -2.20. The van der Waals surface area contributed by atoms with Crippen LogP contribution in [0.25, 0.3) is 10.9 Å². The zero-order chi connectivity index (χ0) is 28.9. The van der Waals surface area contributed by atoms with E-state index in [1.54, 1.807) is 7.11 Å². The van der Waals surface area contributed by atoms with Crippen molar-refractivity contribution in [1.29, 1.82) is 0 Å². The quantitative estimate of drug-likeness (QED) is 0.153. The molecule has 216 valence electrons. The van der Waals surface area contributed by atoms with Crippen LogP contribution < -0.4 is 20.1 Å². The molecule has 0 saturated heterocycles. The summed E-state index contributed by atoms with van der Waals surface area (Å²) in [5, 5.41) is 16.1. The van der Waals surface area contributed by atoms with E-state index in [4.69, 9.17) is 14.6 Å². The fourth-order valence-electron chi connectivity index (χ4n) is 4.83. The number of H-pyrrole nitrogens is 1. The molecule has 0 aliphatic carbocycles. The van der Waals surface area contributed by atoms with Gasteiger partial charge in [-0.25, -0.2) is 0 Å². The van der Waals surface area contributed by atoms with Gasteiger partial charge in [-0.3, -0.25) is 9.59 Å². The van der Waals surface area contributed by atoms with Crippen molar-refractivity contribution in [2.45, 2.75) is 44.6 Å². The predicted molar refractivity (Wildman–Crippen MR) is 160 cm³/mol. The van der Waals surface area contributed by atoms with Crippen LogP contribution in [-0.2, 0) is 28.9 Å². The molecule has 41 heavy (non-hydrogen) atoms. The van der Waals surface area contributed by atoms with E-state index >= 15 is 0 Å². The molecule has 8 nitrogen and oxygen atoms in total. The fraction of sp³-hybridized carbons (Fsp3) is 0.333. The molecule has 1 heterocycles. The first-order valence-electron chi connectivity index (χ1n) is 14.1. The molecule has 0 aliphatic heterocycles. The second-order valence-corrected chi connectivity index (χ2v) is 10.1. The predicted octanol–water partition coefficient (Wildman–Crippen LogP) is 4.35. The number of nitrogens with one attached hydrogen (secondary N) is 3. The topological polar surface area (TPSA) is 113 Å². The number of aromatic nitrogens is 1. The Kier molecular flexibility index (Phi) is 11.2. The van der Waals surface area contributed by atoms with Gasteiger partial charge >= 0.3 is 0 Å². The molecule has 0 bridgehead atoms. The van der Waals surface area contributed by atoms with E-state index in [9.17, 15) is 9.59 Å². The molecule has 0 spiro atoms. The van der Waals surface area contributed by atoms with Gasteiger partial charge in [0, 0.05) is 36.7 Å². The molecule has 1 unspecified atom stereocenters. The van der Waals surface area contributed by atoms with Crippen molar-refractivity contribution in [2.24, 2.45) is 0 Å². The lowest BCUT2D eigenvalue weighted by atomic mass is 10.0. The molecule has 0 fully saturated rings. The third-order valence-corrected chi connectivity index (χ3v) is 7.03. The number of ether oxygens (including phenoxy) is 2.